The average molecular weight is 425 g/mol. The first-order chi connectivity index (χ1) is 15.0. The van der Waals surface area contributed by atoms with Crippen LogP contribution in [0, 0.1) is 18.7 Å². The lowest BCUT2D eigenvalue weighted by Crippen LogP contribution is -2.41. The molecule has 1 atom stereocenters. The second-order valence-electron chi connectivity index (χ2n) is 8.56. The molecule has 0 saturated carbocycles. The zero-order chi connectivity index (χ0) is 21.8. The zero-order valence-electron chi connectivity index (χ0n) is 18.0. The number of piperidine rings is 1. The van der Waals surface area contributed by atoms with Crippen LogP contribution < -0.4 is 4.74 Å². The van der Waals surface area contributed by atoms with Crippen molar-refractivity contribution >= 4 is 11.8 Å². The second kappa shape index (κ2) is 9.50. The molecule has 0 radical (unpaired) electrons. The van der Waals surface area contributed by atoms with Crippen molar-refractivity contribution in [2.45, 2.75) is 32.6 Å². The van der Waals surface area contributed by atoms with Gasteiger partial charge in [-0.2, -0.15) is 0 Å². The molecule has 2 saturated heterocycles. The molecule has 2 aliphatic heterocycles. The number of likely N-dealkylation sites (tertiary alicyclic amines) is 2. The summed E-state index contributed by atoms with van der Waals surface area (Å²) < 4.78 is 19.8. The van der Waals surface area contributed by atoms with Crippen molar-refractivity contribution in [2.75, 3.05) is 32.8 Å². The van der Waals surface area contributed by atoms with E-state index in [4.69, 9.17) is 4.74 Å². The third-order valence-electron chi connectivity index (χ3n) is 6.21. The largest absolute Gasteiger partial charge is 0.493 e. The molecule has 0 aliphatic carbocycles. The van der Waals surface area contributed by atoms with E-state index in [2.05, 4.69) is 0 Å². The van der Waals surface area contributed by atoms with Crippen LogP contribution in [-0.4, -0.2) is 54.4 Å². The number of hydrogen-bond donors (Lipinski definition) is 0. The van der Waals surface area contributed by atoms with Gasteiger partial charge in [0.05, 0.1) is 6.61 Å². The van der Waals surface area contributed by atoms with Crippen LogP contribution in [0.2, 0.25) is 0 Å². The molecule has 0 unspecified atom stereocenters. The van der Waals surface area contributed by atoms with E-state index in [0.29, 0.717) is 36.4 Å². The van der Waals surface area contributed by atoms with E-state index in [9.17, 15) is 14.0 Å². The molecular formula is C25H29FN2O3. The molecule has 0 bridgehead atoms. The van der Waals surface area contributed by atoms with E-state index < -0.39 is 0 Å². The molecule has 5 nitrogen and oxygen atoms in total. The molecule has 2 aromatic rings. The summed E-state index contributed by atoms with van der Waals surface area (Å²) >= 11 is 0. The van der Waals surface area contributed by atoms with Gasteiger partial charge in [-0.05, 0) is 74.6 Å². The molecule has 0 aromatic heterocycles. The summed E-state index contributed by atoms with van der Waals surface area (Å²) in [5.74, 6) is 0.543. The van der Waals surface area contributed by atoms with Gasteiger partial charge in [0.15, 0.2) is 0 Å². The van der Waals surface area contributed by atoms with Crippen LogP contribution in [0.1, 0.15) is 52.0 Å². The van der Waals surface area contributed by atoms with Crippen LogP contribution in [0.4, 0.5) is 4.39 Å². The lowest BCUT2D eigenvalue weighted by Gasteiger charge is -2.32. The van der Waals surface area contributed by atoms with Crippen LogP contribution in [0.25, 0.3) is 0 Å². The van der Waals surface area contributed by atoms with E-state index in [0.717, 1.165) is 44.5 Å². The molecule has 31 heavy (non-hydrogen) atoms. The number of ether oxygens (including phenoxy) is 1. The molecule has 164 valence electrons. The van der Waals surface area contributed by atoms with Crippen molar-refractivity contribution in [2.24, 2.45) is 5.92 Å². The second-order valence-corrected chi connectivity index (χ2v) is 8.56. The van der Waals surface area contributed by atoms with Gasteiger partial charge in [-0.25, -0.2) is 4.39 Å². The third-order valence-corrected chi connectivity index (χ3v) is 6.21. The monoisotopic (exact) mass is 424 g/mol. The number of hydrogen-bond acceptors (Lipinski definition) is 3. The molecule has 0 N–H and O–H groups in total. The summed E-state index contributed by atoms with van der Waals surface area (Å²) in [4.78, 5) is 28.9. The predicted molar refractivity (Wildman–Crippen MR) is 117 cm³/mol. The van der Waals surface area contributed by atoms with Crippen molar-refractivity contribution in [1.82, 2.24) is 9.80 Å². The number of nitrogens with zero attached hydrogens (tertiary/aromatic N) is 2. The number of carbonyl (C=O) groups excluding carboxylic acids is 2. The van der Waals surface area contributed by atoms with Gasteiger partial charge < -0.3 is 14.5 Å². The number of benzene rings is 2. The average Bonchev–Trinajstić information content (AvgIpc) is 3.34. The van der Waals surface area contributed by atoms with Crippen LogP contribution in [0.15, 0.2) is 42.5 Å². The van der Waals surface area contributed by atoms with Crippen molar-refractivity contribution in [3.05, 3.63) is 65.0 Å². The maximum absolute atomic E-state index is 13.8. The molecule has 2 amide bonds. The van der Waals surface area contributed by atoms with Gasteiger partial charge in [0.25, 0.3) is 11.8 Å². The Morgan fingerprint density at radius 3 is 2.29 bits per heavy atom. The normalized spacial score (nSPS) is 18.8. The molecule has 2 aliphatic rings. The fraction of sp³-hybridized carbons (Fsp3) is 0.440. The molecule has 4 rings (SSSR count). The van der Waals surface area contributed by atoms with Gasteiger partial charge in [0, 0.05) is 43.2 Å². The highest BCUT2D eigenvalue weighted by Gasteiger charge is 2.25. The van der Waals surface area contributed by atoms with Gasteiger partial charge in [-0.3, -0.25) is 9.59 Å². The first-order valence-corrected chi connectivity index (χ1v) is 11.1. The van der Waals surface area contributed by atoms with Crippen LogP contribution in [0.5, 0.6) is 5.75 Å². The standard InChI is InChI=1S/C25H29FN2O3/c1-18-6-7-21(15-23(18)26)25(30)28-14-4-5-19(16-28)17-31-22-10-8-20(9-11-22)24(29)27-12-2-3-13-27/h6-11,15,19H,2-5,12-14,16-17H2,1H3/t19-/m0/s1. The first kappa shape index (κ1) is 21.3. The summed E-state index contributed by atoms with van der Waals surface area (Å²) in [6.45, 7) is 5.14. The molecule has 6 heteroatoms. The summed E-state index contributed by atoms with van der Waals surface area (Å²) in [6.07, 6.45) is 4.04. The number of carbonyl (C=O) groups is 2. The lowest BCUT2D eigenvalue weighted by molar-refractivity contribution is 0.0632. The Bertz CT molecular complexity index is 938. The smallest absolute Gasteiger partial charge is 0.253 e. The molecule has 2 aromatic carbocycles. The maximum atomic E-state index is 13.8. The lowest BCUT2D eigenvalue weighted by atomic mass is 9.98. The van der Waals surface area contributed by atoms with Gasteiger partial charge >= 0.3 is 0 Å². The van der Waals surface area contributed by atoms with Crippen molar-refractivity contribution in [3.63, 3.8) is 0 Å². The quantitative estimate of drug-likeness (QED) is 0.719. The Balaban J connectivity index is 1.31. The maximum Gasteiger partial charge on any atom is 0.253 e. The first-order valence-electron chi connectivity index (χ1n) is 11.1. The molecule has 2 fully saturated rings. The number of aryl methyl sites for hydroxylation is 1. The fourth-order valence-corrected chi connectivity index (χ4v) is 4.30. The highest BCUT2D eigenvalue weighted by Crippen LogP contribution is 2.22. The van der Waals surface area contributed by atoms with E-state index in [-0.39, 0.29) is 23.5 Å². The van der Waals surface area contributed by atoms with Crippen LogP contribution in [0.3, 0.4) is 0 Å². The van der Waals surface area contributed by atoms with Crippen molar-refractivity contribution < 1.29 is 18.7 Å². The summed E-state index contributed by atoms with van der Waals surface area (Å²) in [6, 6.07) is 12.0. The Labute approximate surface area is 182 Å². The van der Waals surface area contributed by atoms with Crippen molar-refractivity contribution in [1.29, 1.82) is 0 Å². The number of halogens is 1. The highest BCUT2D eigenvalue weighted by atomic mass is 19.1. The van der Waals surface area contributed by atoms with E-state index >= 15 is 0 Å². The highest BCUT2D eigenvalue weighted by molar-refractivity contribution is 5.95. The minimum Gasteiger partial charge on any atom is -0.493 e. The number of rotatable bonds is 5. The Morgan fingerprint density at radius 2 is 1.58 bits per heavy atom. The molecule has 0 spiro atoms. The minimum absolute atomic E-state index is 0.0815. The minimum atomic E-state index is -0.352. The summed E-state index contributed by atoms with van der Waals surface area (Å²) in [5.41, 5.74) is 1.62. The summed E-state index contributed by atoms with van der Waals surface area (Å²) in [7, 11) is 0. The Morgan fingerprint density at radius 1 is 0.935 bits per heavy atom. The topological polar surface area (TPSA) is 49.9 Å². The van der Waals surface area contributed by atoms with Crippen molar-refractivity contribution in [3.8, 4) is 5.75 Å². The van der Waals surface area contributed by atoms with E-state index in [1.54, 1.807) is 24.0 Å². The third kappa shape index (κ3) is 5.06. The zero-order valence-corrected chi connectivity index (χ0v) is 18.0. The molecular weight excluding hydrogens is 395 g/mol. The van der Waals surface area contributed by atoms with Gasteiger partial charge in [0.1, 0.15) is 11.6 Å². The van der Waals surface area contributed by atoms with Gasteiger partial charge in [-0.15, -0.1) is 0 Å². The van der Waals surface area contributed by atoms with E-state index in [1.807, 2.05) is 29.2 Å². The fourth-order valence-electron chi connectivity index (χ4n) is 4.30. The molecule has 2 heterocycles. The van der Waals surface area contributed by atoms with Crippen LogP contribution in [-0.2, 0) is 0 Å². The van der Waals surface area contributed by atoms with E-state index in [1.165, 1.54) is 6.07 Å². The summed E-state index contributed by atoms with van der Waals surface area (Å²) in [5, 5.41) is 0. The predicted octanol–water partition coefficient (Wildman–Crippen LogP) is 4.30. The Kier molecular flexibility index (Phi) is 6.54. The number of amides is 2. The van der Waals surface area contributed by atoms with Gasteiger partial charge in [0.2, 0.25) is 0 Å². The van der Waals surface area contributed by atoms with Gasteiger partial charge in [-0.1, -0.05) is 6.07 Å². The van der Waals surface area contributed by atoms with Crippen LogP contribution >= 0.6 is 0 Å². The Hall–Kier alpha value is -2.89. The SMILES string of the molecule is Cc1ccc(C(=O)N2CCC[C@H](COc3ccc(C(=O)N4CCCC4)cc3)C2)cc1F.